The lowest BCUT2D eigenvalue weighted by Gasteiger charge is -2.19. The number of halogens is 1. The number of benzene rings is 1. The van der Waals surface area contributed by atoms with Gasteiger partial charge in [-0.25, -0.2) is 9.37 Å². The third-order valence-electron chi connectivity index (χ3n) is 5.35. The fraction of sp³-hybridized carbons (Fsp3) is 0.273. The molecule has 4 aromatic rings. The second kappa shape index (κ2) is 9.35. The molecule has 0 spiro atoms. The molecule has 3 heterocycles. The first kappa shape index (κ1) is 23.0. The molecule has 1 aromatic carbocycles. The predicted octanol–water partition coefficient (Wildman–Crippen LogP) is 1.65. The zero-order valence-electron chi connectivity index (χ0n) is 19.2. The minimum absolute atomic E-state index is 0.0495. The van der Waals surface area contributed by atoms with Gasteiger partial charge in [0.1, 0.15) is 5.82 Å². The molecule has 6 N–H and O–H groups in total. The normalized spacial score (nSPS) is 12.0. The Morgan fingerprint density at radius 3 is 2.71 bits per heavy atom. The SMILES string of the molecule is CN(C)c1nn(C)c2ccc(Nc3nc(NC(CN)Cn4cccn4)c(F)cc3C(N)=O)cc12. The number of aryl methyl sites for hydroxylation is 1. The second-order valence-corrected chi connectivity index (χ2v) is 8.08. The van der Waals surface area contributed by atoms with Gasteiger partial charge in [0, 0.05) is 51.2 Å². The highest BCUT2D eigenvalue weighted by Crippen LogP contribution is 2.30. The minimum Gasteiger partial charge on any atom is -0.365 e. The Bertz CT molecular complexity index is 1320. The van der Waals surface area contributed by atoms with E-state index in [0.717, 1.165) is 22.8 Å². The van der Waals surface area contributed by atoms with E-state index in [1.807, 2.05) is 44.2 Å². The van der Waals surface area contributed by atoms with Crippen molar-refractivity contribution in [3.63, 3.8) is 0 Å². The second-order valence-electron chi connectivity index (χ2n) is 8.08. The summed E-state index contributed by atoms with van der Waals surface area (Å²) in [6, 6.07) is 8.13. The zero-order chi connectivity index (χ0) is 24.4. The van der Waals surface area contributed by atoms with Gasteiger partial charge in [0.05, 0.1) is 23.7 Å². The Morgan fingerprint density at radius 2 is 2.06 bits per heavy atom. The van der Waals surface area contributed by atoms with Crippen LogP contribution in [-0.4, -0.2) is 57.1 Å². The molecule has 11 nitrogen and oxygen atoms in total. The van der Waals surface area contributed by atoms with E-state index in [9.17, 15) is 9.18 Å². The van der Waals surface area contributed by atoms with Crippen molar-refractivity contribution < 1.29 is 9.18 Å². The van der Waals surface area contributed by atoms with E-state index in [-0.39, 0.29) is 29.8 Å². The van der Waals surface area contributed by atoms with Crippen LogP contribution in [0.5, 0.6) is 0 Å². The smallest absolute Gasteiger partial charge is 0.252 e. The molecule has 34 heavy (non-hydrogen) atoms. The van der Waals surface area contributed by atoms with Crippen LogP contribution < -0.4 is 27.0 Å². The molecule has 3 aromatic heterocycles. The third-order valence-corrected chi connectivity index (χ3v) is 5.35. The summed E-state index contributed by atoms with van der Waals surface area (Å²) < 4.78 is 18.3. The van der Waals surface area contributed by atoms with Crippen molar-refractivity contribution in [2.24, 2.45) is 18.5 Å². The van der Waals surface area contributed by atoms with Crippen LogP contribution in [0, 0.1) is 5.82 Å². The van der Waals surface area contributed by atoms with Crippen LogP contribution in [0.25, 0.3) is 10.9 Å². The Labute approximate surface area is 195 Å². The topological polar surface area (TPSA) is 145 Å². The lowest BCUT2D eigenvalue weighted by Crippen LogP contribution is -2.34. The highest BCUT2D eigenvalue weighted by molar-refractivity contribution is 5.99. The predicted molar refractivity (Wildman–Crippen MR) is 130 cm³/mol. The number of hydrogen-bond acceptors (Lipinski definition) is 8. The number of carbonyl (C=O) groups excluding carboxylic acids is 1. The minimum atomic E-state index is -0.802. The summed E-state index contributed by atoms with van der Waals surface area (Å²) in [5.41, 5.74) is 12.9. The molecule has 1 amide bonds. The molecule has 1 atom stereocenters. The van der Waals surface area contributed by atoms with E-state index in [1.54, 1.807) is 27.8 Å². The lowest BCUT2D eigenvalue weighted by molar-refractivity contribution is 0.100. The molecule has 178 valence electrons. The number of fused-ring (bicyclic) bond motifs is 1. The number of aromatic nitrogens is 5. The number of nitrogens with two attached hydrogens (primary N) is 2. The molecular weight excluding hydrogens is 439 g/mol. The summed E-state index contributed by atoms with van der Waals surface area (Å²) in [5, 5.41) is 15.7. The van der Waals surface area contributed by atoms with Crippen LogP contribution in [0.3, 0.4) is 0 Å². The number of anilines is 4. The molecule has 0 saturated carbocycles. The molecule has 0 saturated heterocycles. The number of hydrogen-bond donors (Lipinski definition) is 4. The highest BCUT2D eigenvalue weighted by Gasteiger charge is 2.19. The van der Waals surface area contributed by atoms with Crippen LogP contribution in [0.2, 0.25) is 0 Å². The van der Waals surface area contributed by atoms with E-state index in [1.165, 1.54) is 0 Å². The number of nitrogens with one attached hydrogen (secondary N) is 2. The number of rotatable bonds is 9. The summed E-state index contributed by atoms with van der Waals surface area (Å²) in [6.45, 7) is 0.627. The van der Waals surface area contributed by atoms with Gasteiger partial charge in [0.25, 0.3) is 5.91 Å². The van der Waals surface area contributed by atoms with Crippen molar-refractivity contribution in [1.82, 2.24) is 24.5 Å². The molecule has 0 aliphatic rings. The first-order valence-electron chi connectivity index (χ1n) is 10.6. The standard InChI is InChI=1S/C22H27FN10O/c1-31(2)22-15-9-13(5-6-18(15)32(3)30-22)27-20-16(19(25)34)10-17(23)21(29-20)28-14(11-24)12-33-8-4-7-26-33/h4-10,14H,11-12,24H2,1-3H3,(H2,25,34)(H2,27,28,29). The number of carbonyl (C=O) groups is 1. The van der Waals surface area contributed by atoms with Gasteiger partial charge in [-0.3, -0.25) is 14.2 Å². The van der Waals surface area contributed by atoms with Crippen molar-refractivity contribution in [3.8, 4) is 0 Å². The van der Waals surface area contributed by atoms with Gasteiger partial charge in [-0.05, 0) is 30.3 Å². The summed E-state index contributed by atoms with van der Waals surface area (Å²) in [6.07, 6.45) is 3.44. The van der Waals surface area contributed by atoms with Gasteiger partial charge in [0.2, 0.25) is 0 Å². The van der Waals surface area contributed by atoms with E-state index < -0.39 is 11.7 Å². The van der Waals surface area contributed by atoms with Gasteiger partial charge < -0.3 is 27.0 Å². The molecule has 1 unspecified atom stereocenters. The van der Waals surface area contributed by atoms with E-state index in [0.29, 0.717) is 12.2 Å². The van der Waals surface area contributed by atoms with E-state index >= 15 is 0 Å². The summed E-state index contributed by atoms with van der Waals surface area (Å²) >= 11 is 0. The van der Waals surface area contributed by atoms with Gasteiger partial charge in [0.15, 0.2) is 17.5 Å². The summed E-state index contributed by atoms with van der Waals surface area (Å²) in [7, 11) is 5.68. The molecule has 0 bridgehead atoms. The maximum Gasteiger partial charge on any atom is 0.252 e. The highest BCUT2D eigenvalue weighted by atomic mass is 19.1. The van der Waals surface area contributed by atoms with Crippen molar-refractivity contribution in [2.75, 3.05) is 36.2 Å². The van der Waals surface area contributed by atoms with E-state index in [4.69, 9.17) is 11.5 Å². The van der Waals surface area contributed by atoms with Crippen molar-refractivity contribution in [1.29, 1.82) is 0 Å². The number of amides is 1. The lowest BCUT2D eigenvalue weighted by atomic mass is 10.2. The van der Waals surface area contributed by atoms with Gasteiger partial charge in [-0.15, -0.1) is 0 Å². The maximum atomic E-state index is 14.8. The average molecular weight is 467 g/mol. The van der Waals surface area contributed by atoms with Gasteiger partial charge >= 0.3 is 0 Å². The molecule has 4 rings (SSSR count). The summed E-state index contributed by atoms with van der Waals surface area (Å²) in [4.78, 5) is 18.3. The molecular formula is C22H27FN10O. The monoisotopic (exact) mass is 466 g/mol. The first-order valence-corrected chi connectivity index (χ1v) is 10.6. The molecule has 12 heteroatoms. The Balaban J connectivity index is 1.68. The molecule has 0 fully saturated rings. The Kier molecular flexibility index (Phi) is 6.32. The van der Waals surface area contributed by atoms with Crippen LogP contribution in [-0.2, 0) is 13.6 Å². The third kappa shape index (κ3) is 4.62. The summed E-state index contributed by atoms with van der Waals surface area (Å²) in [5.74, 6) is -0.651. The Morgan fingerprint density at radius 1 is 1.26 bits per heavy atom. The fourth-order valence-electron chi connectivity index (χ4n) is 3.67. The van der Waals surface area contributed by atoms with Gasteiger partial charge in [-0.2, -0.15) is 10.2 Å². The Hall–Kier alpha value is -4.19. The van der Waals surface area contributed by atoms with E-state index in [2.05, 4.69) is 25.8 Å². The van der Waals surface area contributed by atoms with Crippen LogP contribution >= 0.6 is 0 Å². The number of nitrogens with zero attached hydrogens (tertiary/aromatic N) is 6. The number of primary amides is 1. The first-order chi connectivity index (χ1) is 16.3. The largest absolute Gasteiger partial charge is 0.365 e. The van der Waals surface area contributed by atoms with Crippen molar-refractivity contribution in [2.45, 2.75) is 12.6 Å². The van der Waals surface area contributed by atoms with Crippen molar-refractivity contribution >= 4 is 40.0 Å². The van der Waals surface area contributed by atoms with Crippen LogP contribution in [0.15, 0.2) is 42.7 Å². The molecule has 0 aliphatic carbocycles. The fourth-order valence-corrected chi connectivity index (χ4v) is 3.67. The van der Waals surface area contributed by atoms with Crippen LogP contribution in [0.4, 0.5) is 27.5 Å². The molecule has 0 radical (unpaired) electrons. The van der Waals surface area contributed by atoms with Gasteiger partial charge in [-0.1, -0.05) is 0 Å². The average Bonchev–Trinajstić information content (AvgIpc) is 3.42. The van der Waals surface area contributed by atoms with Crippen LogP contribution in [0.1, 0.15) is 10.4 Å². The van der Waals surface area contributed by atoms with Crippen molar-refractivity contribution in [3.05, 3.63) is 54.1 Å². The quantitative estimate of drug-likeness (QED) is 0.291. The number of pyridine rings is 1. The maximum absolute atomic E-state index is 14.8. The molecule has 0 aliphatic heterocycles. The zero-order valence-corrected chi connectivity index (χ0v) is 19.2.